The Balaban J connectivity index is 1.73. The van der Waals surface area contributed by atoms with Crippen molar-refractivity contribution in [2.75, 3.05) is 40.0 Å². The fourth-order valence-corrected chi connectivity index (χ4v) is 3.09. The Morgan fingerprint density at radius 2 is 2.29 bits per heavy atom. The number of nitrogens with zero attached hydrogens (tertiary/aromatic N) is 3. The molecule has 1 atom stereocenters. The summed E-state index contributed by atoms with van der Waals surface area (Å²) in [6.07, 6.45) is 3.73. The molecule has 130 valence electrons. The molecule has 1 fully saturated rings. The average molecular weight is 331 g/mol. The Bertz CT molecular complexity index is 630. The molecule has 3 rings (SSSR count). The van der Waals surface area contributed by atoms with Gasteiger partial charge in [-0.15, -0.1) is 0 Å². The molecule has 0 spiro atoms. The van der Waals surface area contributed by atoms with E-state index in [0.29, 0.717) is 19.8 Å². The molecule has 1 aromatic carbocycles. The standard InChI is InChI=1S/C18H25N3O3/c1-23-18-4-3-15(9-17(18)12-21-6-2-5-19-21)10-20-7-8-24-14-16(11-20)13-22/h2-6,9,16,22H,7-8,10-14H2,1H3/t16-/m1/s1. The molecule has 0 aliphatic carbocycles. The van der Waals surface area contributed by atoms with E-state index in [0.717, 1.165) is 30.9 Å². The van der Waals surface area contributed by atoms with Crippen LogP contribution in [0.5, 0.6) is 5.75 Å². The van der Waals surface area contributed by atoms with Crippen molar-refractivity contribution in [3.8, 4) is 5.75 Å². The van der Waals surface area contributed by atoms with E-state index in [1.807, 2.05) is 23.0 Å². The maximum atomic E-state index is 9.42. The predicted molar refractivity (Wildman–Crippen MR) is 91.0 cm³/mol. The molecule has 0 amide bonds. The van der Waals surface area contributed by atoms with Crippen molar-refractivity contribution in [1.82, 2.24) is 14.7 Å². The number of ether oxygens (including phenoxy) is 2. The summed E-state index contributed by atoms with van der Waals surface area (Å²) in [7, 11) is 1.69. The number of aliphatic hydroxyl groups excluding tert-OH is 1. The topological polar surface area (TPSA) is 59.8 Å². The summed E-state index contributed by atoms with van der Waals surface area (Å²) in [5, 5.41) is 13.7. The summed E-state index contributed by atoms with van der Waals surface area (Å²) in [5.74, 6) is 1.07. The molecule has 1 aromatic heterocycles. The Labute approximate surface area is 142 Å². The second-order valence-corrected chi connectivity index (χ2v) is 6.21. The quantitative estimate of drug-likeness (QED) is 0.867. The first-order valence-electron chi connectivity index (χ1n) is 8.32. The van der Waals surface area contributed by atoms with Crippen LogP contribution in [0.1, 0.15) is 11.1 Å². The number of hydrogen-bond donors (Lipinski definition) is 1. The third kappa shape index (κ3) is 4.35. The van der Waals surface area contributed by atoms with Crippen molar-refractivity contribution in [3.05, 3.63) is 47.8 Å². The SMILES string of the molecule is COc1ccc(CN2CCOC[C@@H](CO)C2)cc1Cn1cccn1. The highest BCUT2D eigenvalue weighted by Crippen LogP contribution is 2.22. The number of methoxy groups -OCH3 is 1. The number of aliphatic hydroxyl groups is 1. The van der Waals surface area contributed by atoms with Crippen LogP contribution < -0.4 is 4.74 Å². The fraction of sp³-hybridized carbons (Fsp3) is 0.500. The van der Waals surface area contributed by atoms with Gasteiger partial charge in [0.2, 0.25) is 0 Å². The van der Waals surface area contributed by atoms with Gasteiger partial charge in [-0.2, -0.15) is 5.10 Å². The van der Waals surface area contributed by atoms with Gasteiger partial charge < -0.3 is 14.6 Å². The van der Waals surface area contributed by atoms with Gasteiger partial charge in [0.15, 0.2) is 0 Å². The van der Waals surface area contributed by atoms with Crippen molar-refractivity contribution in [2.24, 2.45) is 5.92 Å². The van der Waals surface area contributed by atoms with Crippen LogP contribution in [0.3, 0.4) is 0 Å². The summed E-state index contributed by atoms with van der Waals surface area (Å²) in [6.45, 7) is 4.80. The molecule has 0 radical (unpaired) electrons. The maximum absolute atomic E-state index is 9.42. The van der Waals surface area contributed by atoms with Crippen LogP contribution in [-0.4, -0.2) is 59.8 Å². The smallest absolute Gasteiger partial charge is 0.123 e. The summed E-state index contributed by atoms with van der Waals surface area (Å²) in [5.41, 5.74) is 2.35. The second-order valence-electron chi connectivity index (χ2n) is 6.21. The Morgan fingerprint density at radius 1 is 1.38 bits per heavy atom. The molecule has 1 aliphatic rings. The van der Waals surface area contributed by atoms with Crippen LogP contribution in [0.4, 0.5) is 0 Å². The molecule has 24 heavy (non-hydrogen) atoms. The highest BCUT2D eigenvalue weighted by Gasteiger charge is 2.18. The number of hydrogen-bond acceptors (Lipinski definition) is 5. The van der Waals surface area contributed by atoms with E-state index in [1.165, 1.54) is 5.56 Å². The molecule has 0 saturated carbocycles. The van der Waals surface area contributed by atoms with Gasteiger partial charge in [-0.1, -0.05) is 6.07 Å². The average Bonchev–Trinajstić information content (AvgIpc) is 3.00. The molecule has 0 bridgehead atoms. The lowest BCUT2D eigenvalue weighted by atomic mass is 10.1. The summed E-state index contributed by atoms with van der Waals surface area (Å²) >= 11 is 0. The molecule has 0 unspecified atom stereocenters. The lowest BCUT2D eigenvalue weighted by Crippen LogP contribution is -2.31. The first-order chi connectivity index (χ1) is 11.8. The lowest BCUT2D eigenvalue weighted by Gasteiger charge is -2.23. The first-order valence-corrected chi connectivity index (χ1v) is 8.32. The van der Waals surface area contributed by atoms with Crippen LogP contribution in [0.15, 0.2) is 36.7 Å². The van der Waals surface area contributed by atoms with Gasteiger partial charge >= 0.3 is 0 Å². The van der Waals surface area contributed by atoms with Crippen molar-refractivity contribution in [3.63, 3.8) is 0 Å². The van der Waals surface area contributed by atoms with E-state index in [2.05, 4.69) is 22.1 Å². The third-order valence-corrected chi connectivity index (χ3v) is 4.32. The summed E-state index contributed by atoms with van der Waals surface area (Å²) < 4.78 is 12.9. The third-order valence-electron chi connectivity index (χ3n) is 4.32. The fourth-order valence-electron chi connectivity index (χ4n) is 3.09. The van der Waals surface area contributed by atoms with Crippen molar-refractivity contribution >= 4 is 0 Å². The van der Waals surface area contributed by atoms with Crippen LogP contribution in [0, 0.1) is 5.92 Å². The van der Waals surface area contributed by atoms with E-state index in [1.54, 1.807) is 13.3 Å². The molecular formula is C18H25N3O3. The highest BCUT2D eigenvalue weighted by atomic mass is 16.5. The zero-order valence-corrected chi connectivity index (χ0v) is 14.1. The van der Waals surface area contributed by atoms with Crippen LogP contribution in [-0.2, 0) is 17.8 Å². The molecule has 1 N–H and O–H groups in total. The Hall–Kier alpha value is -1.89. The number of aromatic nitrogens is 2. The van der Waals surface area contributed by atoms with Crippen molar-refractivity contribution in [1.29, 1.82) is 0 Å². The molecule has 2 aromatic rings. The minimum Gasteiger partial charge on any atom is -0.496 e. The largest absolute Gasteiger partial charge is 0.496 e. The van der Waals surface area contributed by atoms with Gasteiger partial charge in [-0.05, 0) is 23.8 Å². The molecule has 2 heterocycles. The van der Waals surface area contributed by atoms with Gasteiger partial charge in [-0.3, -0.25) is 9.58 Å². The highest BCUT2D eigenvalue weighted by molar-refractivity contribution is 5.37. The van der Waals surface area contributed by atoms with Gasteiger partial charge in [0.1, 0.15) is 5.75 Å². The zero-order chi connectivity index (χ0) is 16.8. The predicted octanol–water partition coefficient (Wildman–Crippen LogP) is 1.38. The minimum atomic E-state index is 0.170. The molecular weight excluding hydrogens is 306 g/mol. The summed E-state index contributed by atoms with van der Waals surface area (Å²) in [6, 6.07) is 8.22. The van der Waals surface area contributed by atoms with E-state index < -0.39 is 0 Å². The maximum Gasteiger partial charge on any atom is 0.123 e. The lowest BCUT2D eigenvalue weighted by molar-refractivity contribution is 0.0958. The minimum absolute atomic E-state index is 0.170. The van der Waals surface area contributed by atoms with E-state index >= 15 is 0 Å². The van der Waals surface area contributed by atoms with Crippen LogP contribution in [0.2, 0.25) is 0 Å². The van der Waals surface area contributed by atoms with Crippen LogP contribution >= 0.6 is 0 Å². The molecule has 1 saturated heterocycles. The molecule has 1 aliphatic heterocycles. The number of benzene rings is 1. The van der Waals surface area contributed by atoms with Crippen molar-refractivity contribution < 1.29 is 14.6 Å². The normalized spacial score (nSPS) is 19.2. The van der Waals surface area contributed by atoms with Gasteiger partial charge in [0.05, 0.1) is 26.9 Å². The van der Waals surface area contributed by atoms with Gasteiger partial charge in [0, 0.05) is 50.1 Å². The monoisotopic (exact) mass is 331 g/mol. The Morgan fingerprint density at radius 3 is 3.04 bits per heavy atom. The van der Waals surface area contributed by atoms with Gasteiger partial charge in [0.25, 0.3) is 0 Å². The molecule has 6 nitrogen and oxygen atoms in total. The second kappa shape index (κ2) is 8.28. The van der Waals surface area contributed by atoms with Crippen molar-refractivity contribution in [2.45, 2.75) is 13.1 Å². The van der Waals surface area contributed by atoms with Crippen LogP contribution in [0.25, 0.3) is 0 Å². The van der Waals surface area contributed by atoms with E-state index in [4.69, 9.17) is 9.47 Å². The first kappa shape index (κ1) is 17.0. The van der Waals surface area contributed by atoms with E-state index in [-0.39, 0.29) is 12.5 Å². The molecule has 6 heteroatoms. The number of rotatable bonds is 6. The zero-order valence-electron chi connectivity index (χ0n) is 14.1. The Kier molecular flexibility index (Phi) is 5.85. The van der Waals surface area contributed by atoms with E-state index in [9.17, 15) is 5.11 Å². The van der Waals surface area contributed by atoms with Gasteiger partial charge in [-0.25, -0.2) is 0 Å². The summed E-state index contributed by atoms with van der Waals surface area (Å²) in [4.78, 5) is 2.34.